The van der Waals surface area contributed by atoms with Gasteiger partial charge in [0.25, 0.3) is 0 Å². The van der Waals surface area contributed by atoms with Crippen LogP contribution < -0.4 is 5.73 Å². The maximum atomic E-state index is 12.1. The molecule has 2 nitrogen and oxygen atoms in total. The molecule has 86 valence electrons. The summed E-state index contributed by atoms with van der Waals surface area (Å²) in [6.45, 7) is 8.34. The summed E-state index contributed by atoms with van der Waals surface area (Å²) in [6, 6.07) is 0.111. The molecule has 0 aromatic heterocycles. The van der Waals surface area contributed by atoms with Crippen LogP contribution in [-0.2, 0) is 10.8 Å². The summed E-state index contributed by atoms with van der Waals surface area (Å²) < 4.78 is 12.1. The first-order chi connectivity index (χ1) is 6.58. The average Bonchev–Trinajstić information content (AvgIpc) is 2.18. The average molecular weight is 219 g/mol. The maximum Gasteiger partial charge on any atom is 0.0499 e. The minimum Gasteiger partial charge on any atom is -0.327 e. The van der Waals surface area contributed by atoms with E-state index in [2.05, 4.69) is 27.7 Å². The second-order valence-electron chi connectivity index (χ2n) is 3.95. The van der Waals surface area contributed by atoms with Crippen molar-refractivity contribution in [3.05, 3.63) is 0 Å². The fourth-order valence-electron chi connectivity index (χ4n) is 1.62. The SMILES string of the molecule is CCCC(N)C(CC)S(=O)C(C)CC. The van der Waals surface area contributed by atoms with Crippen LogP contribution in [0, 0.1) is 0 Å². The Kier molecular flexibility index (Phi) is 7.47. The molecule has 14 heavy (non-hydrogen) atoms. The lowest BCUT2D eigenvalue weighted by molar-refractivity contribution is 0.545. The van der Waals surface area contributed by atoms with Crippen LogP contribution in [0.4, 0.5) is 0 Å². The maximum absolute atomic E-state index is 12.1. The van der Waals surface area contributed by atoms with Crippen LogP contribution in [0.3, 0.4) is 0 Å². The Bertz CT molecular complexity index is 173. The van der Waals surface area contributed by atoms with Gasteiger partial charge < -0.3 is 5.73 Å². The third kappa shape index (κ3) is 4.09. The molecular formula is C11H25NOS. The minimum absolute atomic E-state index is 0.111. The van der Waals surface area contributed by atoms with E-state index in [0.29, 0.717) is 0 Å². The Hall–Kier alpha value is 0.110. The molecule has 4 atom stereocenters. The standard InChI is InChI=1S/C11H25NOS/c1-5-8-10(12)11(7-3)14(13)9(4)6-2/h9-11H,5-8,12H2,1-4H3. The van der Waals surface area contributed by atoms with Crippen molar-refractivity contribution in [2.75, 3.05) is 0 Å². The Morgan fingerprint density at radius 2 is 1.79 bits per heavy atom. The molecule has 0 saturated carbocycles. The summed E-state index contributed by atoms with van der Waals surface area (Å²) in [7, 11) is -0.759. The molecule has 0 rings (SSSR count). The largest absolute Gasteiger partial charge is 0.327 e. The molecule has 0 fully saturated rings. The first-order valence-electron chi connectivity index (χ1n) is 5.73. The predicted molar refractivity (Wildman–Crippen MR) is 64.9 cm³/mol. The molecule has 0 aromatic rings. The van der Waals surface area contributed by atoms with Gasteiger partial charge in [-0.15, -0.1) is 0 Å². The third-order valence-electron chi connectivity index (χ3n) is 2.77. The van der Waals surface area contributed by atoms with E-state index in [1.807, 2.05) is 0 Å². The summed E-state index contributed by atoms with van der Waals surface area (Å²) in [5.74, 6) is 0. The molecule has 0 bridgehead atoms. The Morgan fingerprint density at radius 3 is 2.14 bits per heavy atom. The Labute approximate surface area is 91.1 Å². The van der Waals surface area contributed by atoms with Gasteiger partial charge in [0.1, 0.15) is 0 Å². The topological polar surface area (TPSA) is 43.1 Å². The van der Waals surface area contributed by atoms with Crippen molar-refractivity contribution in [1.82, 2.24) is 0 Å². The van der Waals surface area contributed by atoms with Crippen LogP contribution >= 0.6 is 0 Å². The van der Waals surface area contributed by atoms with Crippen LogP contribution in [-0.4, -0.2) is 20.8 Å². The molecule has 0 saturated heterocycles. The van der Waals surface area contributed by atoms with Gasteiger partial charge in [0, 0.05) is 27.3 Å². The van der Waals surface area contributed by atoms with Gasteiger partial charge in [-0.2, -0.15) is 0 Å². The number of rotatable bonds is 7. The lowest BCUT2D eigenvalue weighted by Crippen LogP contribution is -2.40. The van der Waals surface area contributed by atoms with Gasteiger partial charge in [-0.1, -0.05) is 34.1 Å². The van der Waals surface area contributed by atoms with Crippen molar-refractivity contribution in [3.8, 4) is 0 Å². The fraction of sp³-hybridized carbons (Fsp3) is 1.00. The van der Waals surface area contributed by atoms with Gasteiger partial charge in [0.05, 0.1) is 0 Å². The smallest absolute Gasteiger partial charge is 0.0499 e. The van der Waals surface area contributed by atoms with E-state index in [9.17, 15) is 4.21 Å². The third-order valence-corrected chi connectivity index (χ3v) is 5.18. The molecule has 0 aromatic carbocycles. The van der Waals surface area contributed by atoms with Crippen molar-refractivity contribution >= 4 is 10.8 Å². The van der Waals surface area contributed by atoms with Gasteiger partial charge in [-0.3, -0.25) is 4.21 Å². The molecule has 0 radical (unpaired) electrons. The van der Waals surface area contributed by atoms with Crippen LogP contribution in [0.5, 0.6) is 0 Å². The summed E-state index contributed by atoms with van der Waals surface area (Å²) in [6.07, 6.45) is 3.97. The van der Waals surface area contributed by atoms with E-state index in [0.717, 1.165) is 25.7 Å². The van der Waals surface area contributed by atoms with Gasteiger partial charge in [0.2, 0.25) is 0 Å². The molecule has 4 unspecified atom stereocenters. The predicted octanol–water partition coefficient (Wildman–Crippen LogP) is 2.44. The van der Waals surface area contributed by atoms with E-state index in [-0.39, 0.29) is 16.5 Å². The normalized spacial score (nSPS) is 20.1. The lowest BCUT2D eigenvalue weighted by Gasteiger charge is -2.24. The molecular weight excluding hydrogens is 194 g/mol. The van der Waals surface area contributed by atoms with Crippen molar-refractivity contribution in [1.29, 1.82) is 0 Å². The monoisotopic (exact) mass is 219 g/mol. The summed E-state index contributed by atoms with van der Waals surface area (Å²) in [4.78, 5) is 0. The second-order valence-corrected chi connectivity index (χ2v) is 6.01. The first-order valence-corrected chi connectivity index (χ1v) is 7.00. The summed E-state index contributed by atoms with van der Waals surface area (Å²) in [5, 5.41) is 0.466. The zero-order valence-electron chi connectivity index (χ0n) is 9.95. The number of nitrogens with two attached hydrogens (primary N) is 1. The zero-order valence-corrected chi connectivity index (χ0v) is 10.8. The number of hydrogen-bond acceptors (Lipinski definition) is 2. The van der Waals surface area contributed by atoms with Gasteiger partial charge >= 0.3 is 0 Å². The Morgan fingerprint density at radius 1 is 1.21 bits per heavy atom. The second kappa shape index (κ2) is 7.41. The van der Waals surface area contributed by atoms with E-state index < -0.39 is 10.8 Å². The lowest BCUT2D eigenvalue weighted by atomic mass is 10.1. The van der Waals surface area contributed by atoms with Gasteiger partial charge in [0.15, 0.2) is 0 Å². The molecule has 0 aliphatic carbocycles. The highest BCUT2D eigenvalue weighted by Crippen LogP contribution is 2.15. The Balaban J connectivity index is 4.31. The van der Waals surface area contributed by atoms with Gasteiger partial charge in [-0.05, 0) is 19.3 Å². The highest BCUT2D eigenvalue weighted by molar-refractivity contribution is 7.86. The van der Waals surface area contributed by atoms with Gasteiger partial charge in [-0.25, -0.2) is 0 Å². The fourth-order valence-corrected chi connectivity index (χ4v) is 3.36. The van der Waals surface area contributed by atoms with Crippen molar-refractivity contribution in [3.63, 3.8) is 0 Å². The van der Waals surface area contributed by atoms with Crippen molar-refractivity contribution in [2.24, 2.45) is 5.73 Å². The molecule has 3 heteroatoms. The molecule has 2 N–H and O–H groups in total. The van der Waals surface area contributed by atoms with Crippen LogP contribution in [0.1, 0.15) is 53.4 Å². The first kappa shape index (κ1) is 14.1. The number of hydrogen-bond donors (Lipinski definition) is 1. The van der Waals surface area contributed by atoms with Crippen LogP contribution in [0.2, 0.25) is 0 Å². The molecule has 0 aliphatic rings. The quantitative estimate of drug-likeness (QED) is 0.714. The van der Waals surface area contributed by atoms with E-state index in [4.69, 9.17) is 5.73 Å². The highest BCUT2D eigenvalue weighted by Gasteiger charge is 2.24. The summed E-state index contributed by atoms with van der Waals surface area (Å²) >= 11 is 0. The summed E-state index contributed by atoms with van der Waals surface area (Å²) in [5.41, 5.74) is 6.04. The zero-order chi connectivity index (χ0) is 11.1. The highest BCUT2D eigenvalue weighted by atomic mass is 32.2. The van der Waals surface area contributed by atoms with E-state index in [1.54, 1.807) is 0 Å². The van der Waals surface area contributed by atoms with Crippen molar-refractivity contribution < 1.29 is 4.21 Å². The van der Waals surface area contributed by atoms with Crippen LogP contribution in [0.25, 0.3) is 0 Å². The van der Waals surface area contributed by atoms with E-state index in [1.165, 1.54) is 0 Å². The van der Waals surface area contributed by atoms with Crippen molar-refractivity contribution in [2.45, 2.75) is 69.9 Å². The minimum atomic E-state index is -0.759. The van der Waals surface area contributed by atoms with E-state index >= 15 is 0 Å². The van der Waals surface area contributed by atoms with Crippen LogP contribution in [0.15, 0.2) is 0 Å². The molecule has 0 amide bonds. The molecule has 0 heterocycles. The molecule has 0 aliphatic heterocycles. The molecule has 0 spiro atoms.